The smallest absolute Gasteiger partial charge is 0.227 e. The van der Waals surface area contributed by atoms with E-state index in [4.69, 9.17) is 5.73 Å². The van der Waals surface area contributed by atoms with Crippen LogP contribution in [-0.2, 0) is 16.0 Å². The maximum Gasteiger partial charge on any atom is 0.227 e. The molecule has 30 heavy (non-hydrogen) atoms. The number of aldehydes is 1. The summed E-state index contributed by atoms with van der Waals surface area (Å²) >= 11 is 5.03. The van der Waals surface area contributed by atoms with Gasteiger partial charge in [0.25, 0.3) is 0 Å². The maximum atomic E-state index is 12.4. The van der Waals surface area contributed by atoms with Gasteiger partial charge in [0.2, 0.25) is 5.91 Å². The number of thiophene rings is 1. The maximum absolute atomic E-state index is 12.4. The Balaban J connectivity index is 2.06. The number of allylic oxidation sites excluding steroid dienone is 2. The van der Waals surface area contributed by atoms with Crippen molar-refractivity contribution in [3.8, 4) is 0 Å². The zero-order chi connectivity index (χ0) is 22.1. The SMILES string of the molecule is NC(=O)[C@@]1(C/C=C\CCCC=O)[C@@H](O)C[C@@H](O)[C@@H]1/C=C/[C@@H](O)CCc1ccc(Br)s1. The molecule has 1 amide bonds. The summed E-state index contributed by atoms with van der Waals surface area (Å²) in [5.74, 6) is -1.35. The average molecular weight is 500 g/mol. The van der Waals surface area contributed by atoms with Gasteiger partial charge < -0.3 is 25.8 Å². The summed E-state index contributed by atoms with van der Waals surface area (Å²) in [4.78, 5) is 23.9. The lowest BCUT2D eigenvalue weighted by Crippen LogP contribution is -2.47. The van der Waals surface area contributed by atoms with Gasteiger partial charge in [0, 0.05) is 23.6 Å². The highest BCUT2D eigenvalue weighted by atomic mass is 79.9. The molecule has 0 spiro atoms. The van der Waals surface area contributed by atoms with E-state index in [-0.39, 0.29) is 12.8 Å². The van der Waals surface area contributed by atoms with Crippen molar-refractivity contribution in [1.82, 2.24) is 0 Å². The topological polar surface area (TPSA) is 121 Å². The molecule has 2 rings (SSSR count). The number of rotatable bonds is 12. The van der Waals surface area contributed by atoms with Crippen LogP contribution in [0.25, 0.3) is 0 Å². The molecule has 166 valence electrons. The van der Waals surface area contributed by atoms with E-state index in [1.165, 1.54) is 0 Å². The highest BCUT2D eigenvalue weighted by Gasteiger charge is 2.56. The fourth-order valence-corrected chi connectivity index (χ4v) is 5.49. The van der Waals surface area contributed by atoms with Crippen molar-refractivity contribution < 1.29 is 24.9 Å². The number of aliphatic hydroxyl groups is 3. The van der Waals surface area contributed by atoms with Gasteiger partial charge in [-0.15, -0.1) is 11.3 Å². The predicted molar refractivity (Wildman–Crippen MR) is 121 cm³/mol. The molecule has 0 aromatic carbocycles. The number of aliphatic hydroxyl groups excluding tert-OH is 3. The molecule has 1 aromatic heterocycles. The first-order valence-corrected chi connectivity index (χ1v) is 11.8. The standard InChI is InChI=1S/C22H30BrNO5S/c23-20-11-9-16(30-20)8-6-15(26)7-10-17-18(27)14-19(28)22(17,21(24)29)12-4-2-1-3-5-13-25/h2,4,7,9-11,13,15,17-19,26-28H,1,3,5-6,8,12,14H2,(H2,24,29)/b4-2-,10-7+/t15-,17-,18+,19-,22+/m0/s1. The Morgan fingerprint density at radius 1 is 1.33 bits per heavy atom. The molecule has 1 aromatic rings. The molecule has 8 heteroatoms. The Morgan fingerprint density at radius 3 is 2.73 bits per heavy atom. The zero-order valence-electron chi connectivity index (χ0n) is 16.8. The number of carbonyl (C=O) groups is 2. The third-order valence-corrected chi connectivity index (χ3v) is 7.38. The van der Waals surface area contributed by atoms with E-state index in [1.54, 1.807) is 29.6 Å². The third-order valence-electron chi connectivity index (χ3n) is 5.70. The number of hydrogen-bond donors (Lipinski definition) is 4. The molecule has 0 saturated heterocycles. The first-order chi connectivity index (χ1) is 14.3. The summed E-state index contributed by atoms with van der Waals surface area (Å²) in [5, 5.41) is 31.4. The van der Waals surface area contributed by atoms with Gasteiger partial charge in [0.05, 0.1) is 27.5 Å². The number of aryl methyl sites for hydroxylation is 1. The van der Waals surface area contributed by atoms with E-state index >= 15 is 0 Å². The lowest BCUT2D eigenvalue weighted by molar-refractivity contribution is -0.135. The summed E-state index contributed by atoms with van der Waals surface area (Å²) in [6.07, 6.45) is 8.31. The van der Waals surface area contributed by atoms with Crippen molar-refractivity contribution in [3.05, 3.63) is 45.1 Å². The van der Waals surface area contributed by atoms with Crippen LogP contribution in [0.4, 0.5) is 0 Å². The molecule has 1 aliphatic carbocycles. The molecular formula is C22H30BrNO5S. The van der Waals surface area contributed by atoms with Crippen LogP contribution >= 0.6 is 27.3 Å². The van der Waals surface area contributed by atoms with Gasteiger partial charge in [-0.1, -0.05) is 24.3 Å². The van der Waals surface area contributed by atoms with Crippen LogP contribution in [0.5, 0.6) is 0 Å². The zero-order valence-corrected chi connectivity index (χ0v) is 19.2. The van der Waals surface area contributed by atoms with Crippen LogP contribution in [0.3, 0.4) is 0 Å². The van der Waals surface area contributed by atoms with Crippen molar-refractivity contribution in [1.29, 1.82) is 0 Å². The molecule has 6 nitrogen and oxygen atoms in total. The summed E-state index contributed by atoms with van der Waals surface area (Å²) in [5.41, 5.74) is 4.37. The Labute approximate surface area is 189 Å². The van der Waals surface area contributed by atoms with E-state index in [2.05, 4.69) is 15.9 Å². The minimum absolute atomic E-state index is 0.0518. The van der Waals surface area contributed by atoms with E-state index in [0.717, 1.165) is 14.9 Å². The minimum Gasteiger partial charge on any atom is -0.392 e. The molecule has 5 N–H and O–H groups in total. The van der Waals surface area contributed by atoms with Gasteiger partial charge in [-0.05, 0) is 60.2 Å². The first kappa shape index (κ1) is 24.9. The van der Waals surface area contributed by atoms with Crippen LogP contribution in [0.15, 0.2) is 40.2 Å². The molecule has 1 heterocycles. The van der Waals surface area contributed by atoms with Gasteiger partial charge >= 0.3 is 0 Å². The summed E-state index contributed by atoms with van der Waals surface area (Å²) in [6, 6.07) is 3.97. The third kappa shape index (κ3) is 6.34. The van der Waals surface area contributed by atoms with Gasteiger partial charge in [0.15, 0.2) is 0 Å². The lowest BCUT2D eigenvalue weighted by atomic mass is 9.72. The Hall–Kier alpha value is -1.32. The van der Waals surface area contributed by atoms with Crippen LogP contribution < -0.4 is 5.73 Å². The number of hydrogen-bond acceptors (Lipinski definition) is 6. The second-order valence-corrected chi connectivity index (χ2v) is 10.3. The molecular weight excluding hydrogens is 470 g/mol. The quantitative estimate of drug-likeness (QED) is 0.200. The van der Waals surface area contributed by atoms with E-state index in [0.29, 0.717) is 32.1 Å². The average Bonchev–Trinajstić information content (AvgIpc) is 3.22. The number of unbranched alkanes of at least 4 members (excludes halogenated alkanes) is 2. The summed E-state index contributed by atoms with van der Waals surface area (Å²) in [7, 11) is 0. The van der Waals surface area contributed by atoms with Crippen LogP contribution in [0.1, 0.15) is 43.4 Å². The molecule has 0 bridgehead atoms. The fraction of sp³-hybridized carbons (Fsp3) is 0.545. The van der Waals surface area contributed by atoms with Gasteiger partial charge in [-0.3, -0.25) is 4.79 Å². The first-order valence-electron chi connectivity index (χ1n) is 10.2. The van der Waals surface area contributed by atoms with Crippen molar-refractivity contribution in [2.75, 3.05) is 0 Å². The molecule has 0 unspecified atom stereocenters. The molecule has 1 fully saturated rings. The minimum atomic E-state index is -1.32. The van der Waals surface area contributed by atoms with E-state index < -0.39 is 35.6 Å². The number of carbonyl (C=O) groups excluding carboxylic acids is 2. The second kappa shape index (κ2) is 11.9. The van der Waals surface area contributed by atoms with Gasteiger partial charge in [-0.2, -0.15) is 0 Å². The van der Waals surface area contributed by atoms with Gasteiger partial charge in [-0.25, -0.2) is 0 Å². The summed E-state index contributed by atoms with van der Waals surface area (Å²) in [6.45, 7) is 0. The highest BCUT2D eigenvalue weighted by molar-refractivity contribution is 9.11. The van der Waals surface area contributed by atoms with Crippen molar-refractivity contribution >= 4 is 39.5 Å². The summed E-state index contributed by atoms with van der Waals surface area (Å²) < 4.78 is 1.04. The van der Waals surface area contributed by atoms with Crippen molar-refractivity contribution in [2.24, 2.45) is 17.1 Å². The van der Waals surface area contributed by atoms with Crippen LogP contribution in [0.2, 0.25) is 0 Å². The molecule has 1 saturated carbocycles. The van der Waals surface area contributed by atoms with Crippen molar-refractivity contribution in [2.45, 2.75) is 63.3 Å². The van der Waals surface area contributed by atoms with E-state index in [9.17, 15) is 24.9 Å². The Bertz CT molecular complexity index is 764. The molecule has 0 radical (unpaired) electrons. The second-order valence-electron chi connectivity index (χ2n) is 7.72. The molecule has 1 aliphatic rings. The molecule has 5 atom stereocenters. The number of primary amides is 1. The number of amides is 1. The monoisotopic (exact) mass is 499 g/mol. The number of nitrogens with two attached hydrogens (primary N) is 1. The normalized spacial score (nSPS) is 27.8. The predicted octanol–water partition coefficient (Wildman–Crippen LogP) is 2.89. The largest absolute Gasteiger partial charge is 0.392 e. The van der Waals surface area contributed by atoms with Crippen LogP contribution in [-0.4, -0.2) is 45.8 Å². The lowest BCUT2D eigenvalue weighted by Gasteiger charge is -2.33. The molecule has 0 aliphatic heterocycles. The van der Waals surface area contributed by atoms with Gasteiger partial charge in [0.1, 0.15) is 6.29 Å². The highest BCUT2D eigenvalue weighted by Crippen LogP contribution is 2.47. The van der Waals surface area contributed by atoms with Crippen molar-refractivity contribution in [3.63, 3.8) is 0 Å². The number of halogens is 1. The van der Waals surface area contributed by atoms with E-state index in [1.807, 2.05) is 18.2 Å². The Morgan fingerprint density at radius 2 is 2.10 bits per heavy atom. The Kier molecular flexibility index (Phi) is 9.90. The fourth-order valence-electron chi connectivity index (χ4n) is 3.99. The van der Waals surface area contributed by atoms with Crippen LogP contribution in [0, 0.1) is 11.3 Å².